The zero-order chi connectivity index (χ0) is 13.1. The average molecular weight is 249 g/mol. The minimum Gasteiger partial charge on any atom is -0.497 e. The van der Waals surface area contributed by atoms with Crippen LogP contribution >= 0.6 is 0 Å². The Labute approximate surface area is 107 Å². The number of methoxy groups -OCH3 is 2. The summed E-state index contributed by atoms with van der Waals surface area (Å²) >= 11 is 0. The van der Waals surface area contributed by atoms with Crippen molar-refractivity contribution in [3.05, 3.63) is 23.3 Å². The topological polar surface area (TPSA) is 47.6 Å². The van der Waals surface area contributed by atoms with E-state index in [2.05, 4.69) is 5.32 Å². The quantitative estimate of drug-likeness (QED) is 0.887. The molecule has 0 bridgehead atoms. The molecule has 0 heterocycles. The number of benzene rings is 1. The van der Waals surface area contributed by atoms with Crippen molar-refractivity contribution in [1.29, 1.82) is 0 Å². The fourth-order valence-corrected chi connectivity index (χ4v) is 2.54. The average Bonchev–Trinajstić information content (AvgIpc) is 2.36. The zero-order valence-corrected chi connectivity index (χ0v) is 11.1. The number of carbonyl (C=O) groups is 1. The highest BCUT2D eigenvalue weighted by Gasteiger charge is 2.22. The molecule has 0 aliphatic heterocycles. The van der Waals surface area contributed by atoms with E-state index in [0.717, 1.165) is 30.8 Å². The Morgan fingerprint density at radius 3 is 2.72 bits per heavy atom. The summed E-state index contributed by atoms with van der Waals surface area (Å²) in [4.78, 5) is 11.1. The fraction of sp³-hybridized carbons (Fsp3) is 0.500. The molecule has 18 heavy (non-hydrogen) atoms. The smallest absolute Gasteiger partial charge is 0.217 e. The van der Waals surface area contributed by atoms with Crippen molar-refractivity contribution in [2.24, 2.45) is 0 Å². The molecule has 0 saturated heterocycles. The molecule has 4 heteroatoms. The highest BCUT2D eigenvalue weighted by molar-refractivity contribution is 5.73. The number of hydrogen-bond acceptors (Lipinski definition) is 3. The summed E-state index contributed by atoms with van der Waals surface area (Å²) in [7, 11) is 3.32. The van der Waals surface area contributed by atoms with Gasteiger partial charge in [0, 0.05) is 19.0 Å². The van der Waals surface area contributed by atoms with Gasteiger partial charge in [-0.15, -0.1) is 0 Å². The predicted molar refractivity (Wildman–Crippen MR) is 69.2 cm³/mol. The van der Waals surface area contributed by atoms with Crippen molar-refractivity contribution < 1.29 is 14.3 Å². The van der Waals surface area contributed by atoms with Gasteiger partial charge in [-0.05, 0) is 36.5 Å². The van der Waals surface area contributed by atoms with Gasteiger partial charge in [0.15, 0.2) is 0 Å². The van der Waals surface area contributed by atoms with Crippen LogP contribution in [0.2, 0.25) is 0 Å². The van der Waals surface area contributed by atoms with Gasteiger partial charge in [0.2, 0.25) is 5.91 Å². The molecule has 1 N–H and O–H groups in total. The number of ether oxygens (including phenoxy) is 2. The van der Waals surface area contributed by atoms with E-state index < -0.39 is 0 Å². The van der Waals surface area contributed by atoms with Crippen molar-refractivity contribution in [2.75, 3.05) is 14.2 Å². The van der Waals surface area contributed by atoms with Crippen LogP contribution in [0.25, 0.3) is 0 Å². The largest absolute Gasteiger partial charge is 0.497 e. The maximum atomic E-state index is 11.1. The lowest BCUT2D eigenvalue weighted by molar-refractivity contribution is -0.119. The SMILES string of the molecule is COc1cc2c(c(OC)c1)CC[C@@H](NC(C)=O)C2. The summed E-state index contributed by atoms with van der Waals surface area (Å²) in [6, 6.07) is 4.16. The second-order valence-corrected chi connectivity index (χ2v) is 4.61. The third-order valence-corrected chi connectivity index (χ3v) is 3.35. The Morgan fingerprint density at radius 1 is 1.33 bits per heavy atom. The Hall–Kier alpha value is -1.71. The number of hydrogen-bond donors (Lipinski definition) is 1. The molecule has 0 unspecified atom stereocenters. The minimum absolute atomic E-state index is 0.0262. The summed E-state index contributed by atoms with van der Waals surface area (Å²) in [6.45, 7) is 1.56. The van der Waals surface area contributed by atoms with Crippen LogP contribution in [0.5, 0.6) is 11.5 Å². The van der Waals surface area contributed by atoms with E-state index in [-0.39, 0.29) is 11.9 Å². The lowest BCUT2D eigenvalue weighted by Gasteiger charge is -2.26. The summed E-state index contributed by atoms with van der Waals surface area (Å²) in [6.07, 6.45) is 2.71. The molecule has 0 radical (unpaired) electrons. The maximum absolute atomic E-state index is 11.1. The second kappa shape index (κ2) is 5.29. The van der Waals surface area contributed by atoms with Gasteiger partial charge in [-0.25, -0.2) is 0 Å². The van der Waals surface area contributed by atoms with Gasteiger partial charge in [0.25, 0.3) is 0 Å². The van der Waals surface area contributed by atoms with Crippen LogP contribution in [-0.4, -0.2) is 26.2 Å². The Morgan fingerprint density at radius 2 is 2.11 bits per heavy atom. The summed E-state index contributed by atoms with van der Waals surface area (Å²) in [5.41, 5.74) is 2.44. The molecule has 1 atom stereocenters. The highest BCUT2D eigenvalue weighted by Crippen LogP contribution is 2.33. The van der Waals surface area contributed by atoms with Gasteiger partial charge < -0.3 is 14.8 Å². The maximum Gasteiger partial charge on any atom is 0.217 e. The molecule has 1 aliphatic carbocycles. The standard InChI is InChI=1S/C14H19NO3/c1-9(16)15-11-4-5-13-10(6-11)7-12(17-2)8-14(13)18-3/h7-8,11H,4-6H2,1-3H3,(H,15,16)/t11-/m1/s1. The third-order valence-electron chi connectivity index (χ3n) is 3.35. The first-order valence-corrected chi connectivity index (χ1v) is 6.15. The Balaban J connectivity index is 2.27. The molecular formula is C14H19NO3. The van der Waals surface area contributed by atoms with Gasteiger partial charge in [0.05, 0.1) is 14.2 Å². The van der Waals surface area contributed by atoms with Crippen molar-refractivity contribution in [2.45, 2.75) is 32.2 Å². The van der Waals surface area contributed by atoms with E-state index in [0.29, 0.717) is 0 Å². The van der Waals surface area contributed by atoms with Crippen LogP contribution in [0.3, 0.4) is 0 Å². The van der Waals surface area contributed by atoms with E-state index >= 15 is 0 Å². The molecule has 0 fully saturated rings. The Kier molecular flexibility index (Phi) is 3.75. The monoisotopic (exact) mass is 249 g/mol. The van der Waals surface area contributed by atoms with Crippen LogP contribution in [0.4, 0.5) is 0 Å². The van der Waals surface area contributed by atoms with Crippen LogP contribution in [0, 0.1) is 0 Å². The van der Waals surface area contributed by atoms with E-state index in [1.54, 1.807) is 21.1 Å². The number of nitrogens with one attached hydrogen (secondary N) is 1. The molecule has 1 aliphatic rings. The number of carbonyl (C=O) groups excluding carboxylic acids is 1. The van der Waals surface area contributed by atoms with Crippen LogP contribution in [-0.2, 0) is 17.6 Å². The first-order chi connectivity index (χ1) is 8.63. The van der Waals surface area contributed by atoms with E-state index in [1.807, 2.05) is 12.1 Å². The number of rotatable bonds is 3. The van der Waals surface area contributed by atoms with Gasteiger partial charge in [0.1, 0.15) is 11.5 Å². The second-order valence-electron chi connectivity index (χ2n) is 4.61. The number of amides is 1. The lowest BCUT2D eigenvalue weighted by atomic mass is 9.87. The molecule has 0 saturated carbocycles. The molecule has 2 rings (SSSR count). The lowest BCUT2D eigenvalue weighted by Crippen LogP contribution is -2.37. The van der Waals surface area contributed by atoms with E-state index in [1.165, 1.54) is 11.1 Å². The Bertz CT molecular complexity index is 457. The van der Waals surface area contributed by atoms with Gasteiger partial charge >= 0.3 is 0 Å². The first kappa shape index (κ1) is 12.7. The molecule has 98 valence electrons. The third kappa shape index (κ3) is 2.58. The predicted octanol–water partition coefficient (Wildman–Crippen LogP) is 1.70. The normalized spacial score (nSPS) is 17.8. The van der Waals surface area contributed by atoms with Crippen LogP contribution in [0.1, 0.15) is 24.5 Å². The van der Waals surface area contributed by atoms with E-state index in [4.69, 9.17) is 9.47 Å². The molecular weight excluding hydrogens is 230 g/mol. The van der Waals surface area contributed by atoms with Gasteiger partial charge in [-0.3, -0.25) is 4.79 Å². The summed E-state index contributed by atoms with van der Waals surface area (Å²) in [5.74, 6) is 1.71. The van der Waals surface area contributed by atoms with Crippen molar-refractivity contribution in [3.63, 3.8) is 0 Å². The highest BCUT2D eigenvalue weighted by atomic mass is 16.5. The first-order valence-electron chi connectivity index (χ1n) is 6.15. The molecule has 0 spiro atoms. The van der Waals surface area contributed by atoms with Gasteiger partial charge in [-0.1, -0.05) is 0 Å². The molecule has 4 nitrogen and oxygen atoms in total. The van der Waals surface area contributed by atoms with Crippen LogP contribution in [0.15, 0.2) is 12.1 Å². The van der Waals surface area contributed by atoms with Crippen molar-refractivity contribution in [1.82, 2.24) is 5.32 Å². The van der Waals surface area contributed by atoms with Crippen LogP contribution < -0.4 is 14.8 Å². The number of fused-ring (bicyclic) bond motifs is 1. The van der Waals surface area contributed by atoms with Crippen molar-refractivity contribution >= 4 is 5.91 Å². The minimum atomic E-state index is 0.0262. The zero-order valence-electron chi connectivity index (χ0n) is 11.1. The fourth-order valence-electron chi connectivity index (χ4n) is 2.54. The van der Waals surface area contributed by atoms with Crippen molar-refractivity contribution in [3.8, 4) is 11.5 Å². The van der Waals surface area contributed by atoms with Gasteiger partial charge in [-0.2, -0.15) is 0 Å². The summed E-state index contributed by atoms with van der Waals surface area (Å²) in [5, 5.41) is 2.98. The summed E-state index contributed by atoms with van der Waals surface area (Å²) < 4.78 is 10.7. The molecule has 1 aromatic carbocycles. The van der Waals surface area contributed by atoms with E-state index in [9.17, 15) is 4.79 Å². The molecule has 1 amide bonds. The molecule has 0 aromatic heterocycles. The molecule has 1 aromatic rings.